The van der Waals surface area contributed by atoms with Crippen LogP contribution in [-0.2, 0) is 30.6 Å². The van der Waals surface area contributed by atoms with Crippen LogP contribution in [-0.4, -0.2) is 11.8 Å². The Morgan fingerprint density at radius 3 is 2.84 bits per heavy atom. The van der Waals surface area contributed by atoms with Crippen LogP contribution in [0.3, 0.4) is 0 Å². The molecule has 0 unspecified atom stereocenters. The highest BCUT2D eigenvalue weighted by molar-refractivity contribution is 7.17. The molecule has 2 amide bonds. The third-order valence-electron chi connectivity index (χ3n) is 5.85. The van der Waals surface area contributed by atoms with Gasteiger partial charge in [0.1, 0.15) is 16.3 Å². The smallest absolute Gasteiger partial charge is 0.254 e. The van der Waals surface area contributed by atoms with Gasteiger partial charge in [0, 0.05) is 15.8 Å². The number of anilines is 1. The van der Waals surface area contributed by atoms with Crippen molar-refractivity contribution in [2.45, 2.75) is 46.1 Å². The second kappa shape index (κ2) is 8.31. The topological polar surface area (TPSA) is 84.5 Å². The summed E-state index contributed by atoms with van der Waals surface area (Å²) >= 11 is 1.51. The predicted molar refractivity (Wildman–Crippen MR) is 124 cm³/mol. The molecule has 1 aliphatic carbocycles. The van der Waals surface area contributed by atoms with Crippen molar-refractivity contribution in [2.75, 3.05) is 5.32 Å². The van der Waals surface area contributed by atoms with Crippen molar-refractivity contribution in [1.29, 1.82) is 0 Å². The number of carbonyl (C=O) groups is 2. The molecule has 3 heterocycles. The summed E-state index contributed by atoms with van der Waals surface area (Å²) in [5.41, 5.74) is 5.50. The van der Waals surface area contributed by atoms with Crippen molar-refractivity contribution in [1.82, 2.24) is 5.32 Å². The number of amides is 2. The van der Waals surface area contributed by atoms with Crippen LogP contribution in [0.5, 0.6) is 0 Å². The second-order valence-electron chi connectivity index (χ2n) is 8.26. The summed E-state index contributed by atoms with van der Waals surface area (Å²) in [5.74, 6) is 0.345. The quantitative estimate of drug-likeness (QED) is 0.419. The maximum absolute atomic E-state index is 13.0. The number of fused-ring (bicyclic) bond motifs is 2. The molecule has 0 spiro atoms. The Balaban J connectivity index is 1.36. The molecule has 6 nitrogen and oxygen atoms in total. The van der Waals surface area contributed by atoms with Gasteiger partial charge in [0.25, 0.3) is 5.91 Å². The zero-order valence-corrected chi connectivity index (χ0v) is 18.9. The van der Waals surface area contributed by atoms with E-state index in [2.05, 4.69) is 16.7 Å². The average Bonchev–Trinajstić information content (AvgIpc) is 3.50. The van der Waals surface area contributed by atoms with E-state index in [-0.39, 0.29) is 18.2 Å². The van der Waals surface area contributed by atoms with Crippen LogP contribution in [0.25, 0.3) is 11.0 Å². The van der Waals surface area contributed by atoms with Crippen molar-refractivity contribution >= 4 is 39.1 Å². The van der Waals surface area contributed by atoms with Gasteiger partial charge in [-0.15, -0.1) is 11.3 Å². The lowest BCUT2D eigenvalue weighted by Gasteiger charge is -2.09. The van der Waals surface area contributed by atoms with Crippen molar-refractivity contribution in [3.8, 4) is 0 Å². The molecule has 3 aromatic heterocycles. The van der Waals surface area contributed by atoms with Crippen molar-refractivity contribution in [2.24, 2.45) is 0 Å². The van der Waals surface area contributed by atoms with Crippen LogP contribution >= 0.6 is 11.3 Å². The fourth-order valence-electron chi connectivity index (χ4n) is 4.50. The number of thiophene rings is 1. The fourth-order valence-corrected chi connectivity index (χ4v) is 5.80. The third kappa shape index (κ3) is 3.84. The lowest BCUT2D eigenvalue weighted by atomic mass is 10.0. The normalized spacial score (nSPS) is 12.8. The first-order valence-corrected chi connectivity index (χ1v) is 11.5. The van der Waals surface area contributed by atoms with Crippen molar-refractivity contribution in [3.63, 3.8) is 0 Å². The van der Waals surface area contributed by atoms with Gasteiger partial charge >= 0.3 is 0 Å². The van der Waals surface area contributed by atoms with Crippen LogP contribution in [0.2, 0.25) is 0 Å². The van der Waals surface area contributed by atoms with Gasteiger partial charge in [0.2, 0.25) is 5.91 Å². The summed E-state index contributed by atoms with van der Waals surface area (Å²) in [7, 11) is 0. The van der Waals surface area contributed by atoms with E-state index in [1.54, 1.807) is 18.6 Å². The number of carbonyl (C=O) groups excluding carboxylic acids is 2. The molecule has 32 heavy (non-hydrogen) atoms. The minimum absolute atomic E-state index is 0.160. The highest BCUT2D eigenvalue weighted by atomic mass is 32.1. The van der Waals surface area contributed by atoms with Gasteiger partial charge in [-0.3, -0.25) is 9.59 Å². The molecule has 0 saturated heterocycles. The maximum atomic E-state index is 13.0. The minimum Gasteiger partial charge on any atom is -0.467 e. The number of hydrogen-bond donors (Lipinski definition) is 2. The van der Waals surface area contributed by atoms with Crippen molar-refractivity contribution < 1.29 is 18.4 Å². The first-order valence-electron chi connectivity index (χ1n) is 10.7. The maximum Gasteiger partial charge on any atom is 0.254 e. The van der Waals surface area contributed by atoms with Gasteiger partial charge in [-0.1, -0.05) is 6.07 Å². The van der Waals surface area contributed by atoms with E-state index in [4.69, 9.17) is 8.83 Å². The highest BCUT2D eigenvalue weighted by Crippen LogP contribution is 2.39. The number of furan rings is 2. The van der Waals surface area contributed by atoms with Gasteiger partial charge in [0.15, 0.2) is 0 Å². The Morgan fingerprint density at radius 2 is 2.03 bits per heavy atom. The molecule has 164 valence electrons. The van der Waals surface area contributed by atoms with Crippen LogP contribution < -0.4 is 10.6 Å². The van der Waals surface area contributed by atoms with E-state index in [1.165, 1.54) is 16.2 Å². The van der Waals surface area contributed by atoms with Crippen molar-refractivity contribution in [3.05, 3.63) is 75.2 Å². The molecule has 0 radical (unpaired) electrons. The third-order valence-corrected chi connectivity index (χ3v) is 7.06. The van der Waals surface area contributed by atoms with E-state index in [1.807, 2.05) is 26.0 Å². The van der Waals surface area contributed by atoms with E-state index < -0.39 is 0 Å². The summed E-state index contributed by atoms with van der Waals surface area (Å²) in [6.07, 6.45) is 6.26. The zero-order chi connectivity index (χ0) is 22.2. The summed E-state index contributed by atoms with van der Waals surface area (Å²) in [5, 5.41) is 7.53. The molecule has 0 aliphatic heterocycles. The monoisotopic (exact) mass is 448 g/mol. The summed E-state index contributed by atoms with van der Waals surface area (Å²) in [4.78, 5) is 27.2. The van der Waals surface area contributed by atoms with Crippen LogP contribution in [0.15, 0.2) is 45.6 Å². The molecule has 1 aromatic carbocycles. The van der Waals surface area contributed by atoms with E-state index in [0.29, 0.717) is 22.9 Å². The Kier molecular flexibility index (Phi) is 5.35. The SMILES string of the molecule is Cc1cc(C)c2c(CC(=O)Nc3sc4c(c3C(=O)NCc3ccco3)CCC4)coc2c1. The molecule has 0 saturated carbocycles. The Hall–Kier alpha value is -3.32. The zero-order valence-electron chi connectivity index (χ0n) is 18.0. The van der Waals surface area contributed by atoms with E-state index in [9.17, 15) is 9.59 Å². The van der Waals surface area contributed by atoms with Gasteiger partial charge < -0.3 is 19.5 Å². The highest BCUT2D eigenvalue weighted by Gasteiger charge is 2.27. The van der Waals surface area contributed by atoms with Gasteiger partial charge in [-0.25, -0.2) is 0 Å². The standard InChI is InChI=1S/C25H24N2O4S/c1-14-9-15(2)22-16(13-31-19(22)10-14)11-21(28)27-25-23(18-6-3-7-20(18)32-25)24(29)26-12-17-5-4-8-30-17/h4-5,8-10,13H,3,6-7,11-12H2,1-2H3,(H,26,29)(H,27,28). The number of aryl methyl sites for hydroxylation is 3. The number of rotatable bonds is 6. The Morgan fingerprint density at radius 1 is 1.16 bits per heavy atom. The number of hydrogen-bond acceptors (Lipinski definition) is 5. The molecule has 1 aliphatic rings. The number of benzene rings is 1. The Bertz CT molecular complexity index is 1310. The number of nitrogens with one attached hydrogen (secondary N) is 2. The fraction of sp³-hybridized carbons (Fsp3) is 0.280. The second-order valence-corrected chi connectivity index (χ2v) is 9.37. The first kappa shape index (κ1) is 20.6. The molecule has 2 N–H and O–H groups in total. The average molecular weight is 449 g/mol. The largest absolute Gasteiger partial charge is 0.467 e. The molecule has 0 fully saturated rings. The van der Waals surface area contributed by atoms with Gasteiger partial charge in [-0.05, 0) is 68.0 Å². The van der Waals surface area contributed by atoms with Gasteiger partial charge in [-0.2, -0.15) is 0 Å². The molecule has 5 rings (SSSR count). The Labute approximate surface area is 189 Å². The van der Waals surface area contributed by atoms with Crippen LogP contribution in [0.1, 0.15) is 49.7 Å². The molecular weight excluding hydrogens is 424 g/mol. The summed E-state index contributed by atoms with van der Waals surface area (Å²) in [6, 6.07) is 7.68. The molecule has 0 bridgehead atoms. The lowest BCUT2D eigenvalue weighted by Crippen LogP contribution is -2.25. The summed E-state index contributed by atoms with van der Waals surface area (Å²) in [6.45, 7) is 4.36. The molecule has 7 heteroatoms. The minimum atomic E-state index is -0.184. The van der Waals surface area contributed by atoms with Crippen LogP contribution in [0.4, 0.5) is 5.00 Å². The predicted octanol–water partition coefficient (Wildman–Crippen LogP) is 5.30. The van der Waals surface area contributed by atoms with Crippen LogP contribution in [0, 0.1) is 13.8 Å². The van der Waals surface area contributed by atoms with E-state index in [0.717, 1.165) is 52.5 Å². The lowest BCUT2D eigenvalue weighted by molar-refractivity contribution is -0.115. The van der Waals surface area contributed by atoms with Gasteiger partial charge in [0.05, 0.1) is 31.1 Å². The molecule has 0 atom stereocenters. The van der Waals surface area contributed by atoms with E-state index >= 15 is 0 Å². The molecular formula is C25H24N2O4S. The molecule has 4 aromatic rings. The first-order chi connectivity index (χ1) is 15.5. The summed E-state index contributed by atoms with van der Waals surface area (Å²) < 4.78 is 11.0.